The highest BCUT2D eigenvalue weighted by molar-refractivity contribution is 5.39. The van der Waals surface area contributed by atoms with Gasteiger partial charge in [0.1, 0.15) is 12.7 Å². The number of likely N-dealkylation sites (tertiary alicyclic amines) is 1. The predicted octanol–water partition coefficient (Wildman–Crippen LogP) is 1.72. The van der Waals surface area contributed by atoms with Crippen LogP contribution in [0.1, 0.15) is 18.0 Å². The van der Waals surface area contributed by atoms with Crippen molar-refractivity contribution >= 4 is 0 Å². The van der Waals surface area contributed by atoms with E-state index in [1.54, 1.807) is 13.2 Å². The number of methoxy groups -OCH3 is 1. The van der Waals surface area contributed by atoms with Crippen molar-refractivity contribution in [3.05, 3.63) is 58.5 Å². The van der Waals surface area contributed by atoms with E-state index in [0.717, 1.165) is 31.7 Å². The number of hydrogen-bond acceptors (Lipinski definition) is 5. The zero-order valence-corrected chi connectivity index (χ0v) is 15.6. The van der Waals surface area contributed by atoms with Gasteiger partial charge in [-0.15, -0.1) is 0 Å². The van der Waals surface area contributed by atoms with Crippen molar-refractivity contribution in [1.82, 2.24) is 9.47 Å². The molecule has 1 aromatic heterocycles. The van der Waals surface area contributed by atoms with Gasteiger partial charge >= 0.3 is 0 Å². The fourth-order valence-corrected chi connectivity index (χ4v) is 4.42. The van der Waals surface area contributed by atoms with Crippen LogP contribution < -0.4 is 15.0 Å². The quantitative estimate of drug-likeness (QED) is 0.839. The molecule has 0 saturated carbocycles. The van der Waals surface area contributed by atoms with Crippen LogP contribution in [0.3, 0.4) is 0 Å². The first-order valence-electron chi connectivity index (χ1n) is 9.50. The van der Waals surface area contributed by atoms with Gasteiger partial charge < -0.3 is 19.1 Å². The minimum absolute atomic E-state index is 0.0980. The lowest BCUT2D eigenvalue weighted by Crippen LogP contribution is -2.49. The minimum Gasteiger partial charge on any atom is -0.493 e. The maximum Gasteiger partial charge on any atom is 0.250 e. The van der Waals surface area contributed by atoms with E-state index < -0.39 is 6.10 Å². The third-order valence-electron chi connectivity index (χ3n) is 5.52. The summed E-state index contributed by atoms with van der Waals surface area (Å²) in [6.45, 7) is 3.34. The van der Waals surface area contributed by atoms with E-state index in [0.29, 0.717) is 29.9 Å². The Kier molecular flexibility index (Phi) is 5.18. The topological polar surface area (TPSA) is 63.9 Å². The summed E-state index contributed by atoms with van der Waals surface area (Å²) >= 11 is 0. The summed E-state index contributed by atoms with van der Waals surface area (Å²) in [7, 11) is 1.61. The lowest BCUT2D eigenvalue weighted by atomic mass is 9.83. The van der Waals surface area contributed by atoms with E-state index >= 15 is 0 Å². The van der Waals surface area contributed by atoms with E-state index in [4.69, 9.17) is 9.47 Å². The monoisotopic (exact) mass is 370 g/mol. The SMILES string of the molecule is COc1ccccc1OCC(O)CN1C[C@H]2C[C@@H](C1)c1cccc(=O)n1C2. The molecule has 3 heterocycles. The van der Waals surface area contributed by atoms with Crippen LogP contribution in [0.5, 0.6) is 11.5 Å². The van der Waals surface area contributed by atoms with Gasteiger partial charge in [-0.25, -0.2) is 0 Å². The average Bonchev–Trinajstić information content (AvgIpc) is 2.67. The molecule has 2 aliphatic heterocycles. The van der Waals surface area contributed by atoms with Crippen LogP contribution in [0.4, 0.5) is 0 Å². The molecule has 0 aliphatic carbocycles. The highest BCUT2D eigenvalue weighted by atomic mass is 16.5. The van der Waals surface area contributed by atoms with Crippen LogP contribution in [0.2, 0.25) is 0 Å². The number of pyridine rings is 1. The summed E-state index contributed by atoms with van der Waals surface area (Å²) in [5, 5.41) is 10.5. The molecule has 0 radical (unpaired) electrons. The van der Waals surface area contributed by atoms with Crippen molar-refractivity contribution in [2.75, 3.05) is 33.4 Å². The van der Waals surface area contributed by atoms with E-state index in [1.807, 2.05) is 34.9 Å². The van der Waals surface area contributed by atoms with Gasteiger partial charge in [-0.2, -0.15) is 0 Å². The molecule has 27 heavy (non-hydrogen) atoms. The Bertz CT molecular complexity index is 850. The second-order valence-electron chi connectivity index (χ2n) is 7.53. The lowest BCUT2D eigenvalue weighted by molar-refractivity contribution is 0.0379. The summed E-state index contributed by atoms with van der Waals surface area (Å²) < 4.78 is 13.0. The standard InChI is InChI=1S/C21H26N2O4/c1-26-19-6-2-3-7-20(19)27-14-17(24)13-22-10-15-9-16(12-22)18-5-4-8-21(25)23(18)11-15/h2-8,15-17,24H,9-14H2,1H3/t15-,16+,17?/m1/s1. The second-order valence-corrected chi connectivity index (χ2v) is 7.53. The highest BCUT2D eigenvalue weighted by Crippen LogP contribution is 2.35. The summed E-state index contributed by atoms with van der Waals surface area (Å²) in [5.41, 5.74) is 1.23. The van der Waals surface area contributed by atoms with Crippen LogP contribution in [0.25, 0.3) is 0 Å². The van der Waals surface area contributed by atoms with Crippen LogP contribution in [0.15, 0.2) is 47.3 Å². The Balaban J connectivity index is 1.36. The number of aliphatic hydroxyl groups is 1. The van der Waals surface area contributed by atoms with Crippen molar-refractivity contribution in [3.63, 3.8) is 0 Å². The largest absolute Gasteiger partial charge is 0.493 e. The molecule has 1 aromatic carbocycles. The molecule has 6 heteroatoms. The number of ether oxygens (including phenoxy) is 2. The Labute approximate surface area is 158 Å². The molecule has 0 amide bonds. The molecule has 1 unspecified atom stereocenters. The number of aromatic nitrogens is 1. The first kappa shape index (κ1) is 18.1. The van der Waals surface area contributed by atoms with Crippen LogP contribution >= 0.6 is 0 Å². The zero-order valence-electron chi connectivity index (χ0n) is 15.6. The average molecular weight is 370 g/mol. The van der Waals surface area contributed by atoms with E-state index in [-0.39, 0.29) is 12.2 Å². The number of rotatable bonds is 6. The fourth-order valence-electron chi connectivity index (χ4n) is 4.42. The van der Waals surface area contributed by atoms with Gasteiger partial charge in [0, 0.05) is 43.9 Å². The molecule has 0 spiro atoms. The van der Waals surface area contributed by atoms with Gasteiger partial charge in [0.25, 0.3) is 5.56 Å². The molecule has 4 rings (SSSR count). The Morgan fingerprint density at radius 2 is 1.93 bits per heavy atom. The van der Waals surface area contributed by atoms with Gasteiger partial charge in [0.05, 0.1) is 7.11 Å². The number of benzene rings is 1. The van der Waals surface area contributed by atoms with Crippen LogP contribution in [-0.4, -0.2) is 54.0 Å². The Hall–Kier alpha value is -2.31. The van der Waals surface area contributed by atoms with Gasteiger partial charge in [-0.3, -0.25) is 9.69 Å². The molecule has 3 atom stereocenters. The molecule has 144 valence electrons. The molecular weight excluding hydrogens is 344 g/mol. The van der Waals surface area contributed by atoms with Crippen molar-refractivity contribution < 1.29 is 14.6 Å². The van der Waals surface area contributed by atoms with E-state index in [2.05, 4.69) is 11.0 Å². The maximum absolute atomic E-state index is 12.1. The van der Waals surface area contributed by atoms with E-state index in [9.17, 15) is 9.90 Å². The molecular formula is C21H26N2O4. The Morgan fingerprint density at radius 3 is 2.74 bits per heavy atom. The molecule has 6 nitrogen and oxygen atoms in total. The van der Waals surface area contributed by atoms with Crippen LogP contribution in [-0.2, 0) is 6.54 Å². The van der Waals surface area contributed by atoms with Gasteiger partial charge in [0.15, 0.2) is 11.5 Å². The number of para-hydroxylation sites is 2. The van der Waals surface area contributed by atoms with Gasteiger partial charge in [-0.05, 0) is 30.5 Å². The second kappa shape index (κ2) is 7.74. The smallest absolute Gasteiger partial charge is 0.250 e. The van der Waals surface area contributed by atoms with Gasteiger partial charge in [-0.1, -0.05) is 18.2 Å². The molecule has 1 fully saturated rings. The number of nitrogens with zero attached hydrogens (tertiary/aromatic N) is 2. The van der Waals surface area contributed by atoms with E-state index in [1.165, 1.54) is 0 Å². The first-order valence-corrected chi connectivity index (χ1v) is 9.50. The molecule has 1 saturated heterocycles. The third-order valence-corrected chi connectivity index (χ3v) is 5.52. The van der Waals surface area contributed by atoms with Gasteiger partial charge in [0.2, 0.25) is 0 Å². The predicted molar refractivity (Wildman–Crippen MR) is 102 cm³/mol. The number of piperidine rings is 1. The lowest BCUT2D eigenvalue weighted by Gasteiger charge is -2.43. The molecule has 2 aromatic rings. The fraction of sp³-hybridized carbons (Fsp3) is 0.476. The summed E-state index contributed by atoms with van der Waals surface area (Å²) in [5.74, 6) is 2.12. The zero-order chi connectivity index (χ0) is 18.8. The van der Waals surface area contributed by atoms with Crippen molar-refractivity contribution in [3.8, 4) is 11.5 Å². The Morgan fingerprint density at radius 1 is 1.11 bits per heavy atom. The van der Waals surface area contributed by atoms with Crippen molar-refractivity contribution in [2.45, 2.75) is 25.0 Å². The third kappa shape index (κ3) is 3.87. The maximum atomic E-state index is 12.1. The first-order chi connectivity index (χ1) is 13.1. The normalized spacial score (nSPS) is 22.7. The summed E-state index contributed by atoms with van der Waals surface area (Å²) in [4.78, 5) is 14.4. The minimum atomic E-state index is -0.577. The highest BCUT2D eigenvalue weighted by Gasteiger charge is 2.34. The molecule has 2 aliphatic rings. The number of aliphatic hydroxyl groups excluding tert-OH is 1. The number of β-amino-alcohol motifs (C(OH)–C–C–N with tert-alkyl or cyclic N) is 1. The van der Waals surface area contributed by atoms with Crippen molar-refractivity contribution in [2.24, 2.45) is 5.92 Å². The summed E-state index contributed by atoms with van der Waals surface area (Å²) in [6.07, 6.45) is 0.542. The summed E-state index contributed by atoms with van der Waals surface area (Å²) in [6, 6.07) is 13.0. The number of hydrogen-bond donors (Lipinski definition) is 1. The molecule has 2 bridgehead atoms. The van der Waals surface area contributed by atoms with Crippen LogP contribution in [0, 0.1) is 5.92 Å². The molecule has 1 N–H and O–H groups in total. The van der Waals surface area contributed by atoms with Crippen molar-refractivity contribution in [1.29, 1.82) is 0 Å². The number of fused-ring (bicyclic) bond motifs is 4.